The molecule has 0 radical (unpaired) electrons. The first-order chi connectivity index (χ1) is 21.6. The summed E-state index contributed by atoms with van der Waals surface area (Å²) in [6.07, 6.45) is 23.1. The van der Waals surface area contributed by atoms with Gasteiger partial charge in [0, 0.05) is 6.21 Å². The van der Waals surface area contributed by atoms with E-state index in [0.29, 0.717) is 17.9 Å². The molecule has 4 heteroatoms. The molecule has 0 aromatic heterocycles. The number of carbonyl (C=O) groups is 1. The van der Waals surface area contributed by atoms with Crippen molar-refractivity contribution in [1.29, 1.82) is 0 Å². The second kappa shape index (κ2) is 22.2. The van der Waals surface area contributed by atoms with Gasteiger partial charge in [-0.1, -0.05) is 127 Å². The Bertz CT molecular complexity index is 1170. The molecule has 3 aromatic rings. The summed E-state index contributed by atoms with van der Waals surface area (Å²) in [5.41, 5.74) is 2.75. The molecule has 0 aliphatic carbocycles. The van der Waals surface area contributed by atoms with Crippen molar-refractivity contribution in [3.63, 3.8) is 0 Å². The van der Waals surface area contributed by atoms with Gasteiger partial charge in [-0.15, -0.1) is 0 Å². The van der Waals surface area contributed by atoms with Crippen LogP contribution in [0.4, 0.5) is 0 Å². The standard InChI is InChI=1S/C40H55NO3/c1-3-4-5-6-7-8-9-10-11-12-13-14-15-16-20-31-43-38-29-25-37(26-30-38)40(42)44-39-27-23-36(24-28-39)33-41-34(2)32-35-21-18-17-19-22-35/h17-19,21-30,33-34H,3-16,20,31-32H2,1-2H3. The normalized spacial score (nSPS) is 12.0. The van der Waals surface area contributed by atoms with Crippen LogP contribution < -0.4 is 9.47 Å². The maximum atomic E-state index is 12.6. The van der Waals surface area contributed by atoms with E-state index in [-0.39, 0.29) is 12.0 Å². The first kappa shape index (κ1) is 35.1. The predicted molar refractivity (Wildman–Crippen MR) is 185 cm³/mol. The fraction of sp³-hybridized carbons (Fsp3) is 0.500. The minimum absolute atomic E-state index is 0.186. The third kappa shape index (κ3) is 15.4. The smallest absolute Gasteiger partial charge is 0.343 e. The van der Waals surface area contributed by atoms with Crippen LogP contribution in [0.1, 0.15) is 132 Å². The zero-order valence-electron chi connectivity index (χ0n) is 27.4. The second-order valence-electron chi connectivity index (χ2n) is 12.1. The molecule has 1 atom stereocenters. The van der Waals surface area contributed by atoms with Crippen LogP contribution in [0, 0.1) is 0 Å². The van der Waals surface area contributed by atoms with E-state index >= 15 is 0 Å². The molecule has 0 aliphatic rings. The summed E-state index contributed by atoms with van der Waals surface area (Å²) in [7, 11) is 0. The van der Waals surface area contributed by atoms with Crippen molar-refractivity contribution in [2.24, 2.45) is 4.99 Å². The quantitative estimate of drug-likeness (QED) is 0.0473. The number of nitrogens with zero attached hydrogens (tertiary/aromatic N) is 1. The Morgan fingerprint density at radius 1 is 0.659 bits per heavy atom. The SMILES string of the molecule is CCCCCCCCCCCCCCCCCOc1ccc(C(=O)Oc2ccc(C=NC(C)Cc3ccccc3)cc2)cc1. The van der Waals surface area contributed by atoms with Gasteiger partial charge in [0.05, 0.1) is 18.2 Å². The molecule has 0 N–H and O–H groups in total. The summed E-state index contributed by atoms with van der Waals surface area (Å²) >= 11 is 0. The van der Waals surface area contributed by atoms with Crippen molar-refractivity contribution in [3.05, 3.63) is 95.6 Å². The number of unbranched alkanes of at least 4 members (excludes halogenated alkanes) is 14. The second-order valence-corrected chi connectivity index (χ2v) is 12.1. The summed E-state index contributed by atoms with van der Waals surface area (Å²) in [5.74, 6) is 0.923. The monoisotopic (exact) mass is 597 g/mol. The Kier molecular flexibility index (Phi) is 17.7. The van der Waals surface area contributed by atoms with Gasteiger partial charge in [0.15, 0.2) is 0 Å². The van der Waals surface area contributed by atoms with Crippen LogP contribution in [0.15, 0.2) is 83.9 Å². The van der Waals surface area contributed by atoms with Gasteiger partial charge in [-0.3, -0.25) is 4.99 Å². The zero-order valence-corrected chi connectivity index (χ0v) is 27.4. The molecular formula is C40H55NO3. The summed E-state index contributed by atoms with van der Waals surface area (Å²) < 4.78 is 11.5. The molecule has 0 heterocycles. The minimum Gasteiger partial charge on any atom is -0.494 e. The van der Waals surface area contributed by atoms with Crippen molar-refractivity contribution in [1.82, 2.24) is 0 Å². The zero-order chi connectivity index (χ0) is 31.1. The summed E-state index contributed by atoms with van der Waals surface area (Å²) in [6.45, 7) is 5.10. The molecule has 4 nitrogen and oxygen atoms in total. The minimum atomic E-state index is -0.378. The van der Waals surface area contributed by atoms with E-state index in [1.807, 2.05) is 36.5 Å². The Balaban J connectivity index is 1.22. The highest BCUT2D eigenvalue weighted by molar-refractivity contribution is 5.91. The van der Waals surface area contributed by atoms with E-state index in [2.05, 4.69) is 43.1 Å². The lowest BCUT2D eigenvalue weighted by atomic mass is 10.0. The highest BCUT2D eigenvalue weighted by atomic mass is 16.5. The Labute approximate surface area is 267 Å². The van der Waals surface area contributed by atoms with Gasteiger partial charge < -0.3 is 9.47 Å². The number of hydrogen-bond acceptors (Lipinski definition) is 4. The third-order valence-corrected chi connectivity index (χ3v) is 8.05. The average Bonchev–Trinajstić information content (AvgIpc) is 3.05. The van der Waals surface area contributed by atoms with Crippen LogP contribution in [0.2, 0.25) is 0 Å². The van der Waals surface area contributed by atoms with Crippen molar-refractivity contribution in [2.75, 3.05) is 6.61 Å². The number of ether oxygens (including phenoxy) is 2. The lowest BCUT2D eigenvalue weighted by Crippen LogP contribution is -2.08. The number of rotatable bonds is 23. The van der Waals surface area contributed by atoms with Crippen LogP contribution in [-0.4, -0.2) is 24.8 Å². The summed E-state index contributed by atoms with van der Waals surface area (Å²) in [4.78, 5) is 17.3. The molecule has 0 bridgehead atoms. The Morgan fingerprint density at radius 3 is 1.75 bits per heavy atom. The van der Waals surface area contributed by atoms with Crippen LogP contribution in [0.5, 0.6) is 11.5 Å². The number of esters is 1. The molecule has 3 aromatic carbocycles. The van der Waals surface area contributed by atoms with E-state index in [0.717, 1.165) is 24.2 Å². The number of hydrogen-bond donors (Lipinski definition) is 0. The average molecular weight is 598 g/mol. The van der Waals surface area contributed by atoms with Crippen LogP contribution in [-0.2, 0) is 6.42 Å². The fourth-order valence-corrected chi connectivity index (χ4v) is 5.36. The molecule has 0 fully saturated rings. The number of carbonyl (C=O) groups excluding carboxylic acids is 1. The molecule has 0 saturated carbocycles. The lowest BCUT2D eigenvalue weighted by Gasteiger charge is -2.08. The first-order valence-electron chi connectivity index (χ1n) is 17.3. The van der Waals surface area contributed by atoms with Crippen molar-refractivity contribution >= 4 is 12.2 Å². The molecular weight excluding hydrogens is 542 g/mol. The van der Waals surface area contributed by atoms with E-state index in [1.54, 1.807) is 24.3 Å². The van der Waals surface area contributed by atoms with Crippen molar-refractivity contribution in [2.45, 2.75) is 123 Å². The van der Waals surface area contributed by atoms with Crippen LogP contribution >= 0.6 is 0 Å². The van der Waals surface area contributed by atoms with Crippen LogP contribution in [0.3, 0.4) is 0 Å². The van der Waals surface area contributed by atoms with Crippen LogP contribution in [0.25, 0.3) is 0 Å². The number of aliphatic imine (C=N–C) groups is 1. The molecule has 3 rings (SSSR count). The predicted octanol–water partition coefficient (Wildman–Crippen LogP) is 11.2. The molecule has 0 spiro atoms. The molecule has 1 unspecified atom stereocenters. The largest absolute Gasteiger partial charge is 0.494 e. The van der Waals surface area contributed by atoms with E-state index < -0.39 is 0 Å². The van der Waals surface area contributed by atoms with Gasteiger partial charge in [-0.05, 0) is 79.4 Å². The van der Waals surface area contributed by atoms with E-state index in [1.165, 1.54) is 95.5 Å². The van der Waals surface area contributed by atoms with Gasteiger partial charge in [0.2, 0.25) is 0 Å². The summed E-state index contributed by atoms with van der Waals surface area (Å²) in [6, 6.07) is 25.2. The first-order valence-corrected chi connectivity index (χ1v) is 17.3. The maximum Gasteiger partial charge on any atom is 0.343 e. The van der Waals surface area contributed by atoms with E-state index in [4.69, 9.17) is 9.47 Å². The Hall–Kier alpha value is -3.40. The maximum absolute atomic E-state index is 12.6. The molecule has 0 amide bonds. The molecule has 0 saturated heterocycles. The molecule has 238 valence electrons. The highest BCUT2D eigenvalue weighted by Gasteiger charge is 2.09. The van der Waals surface area contributed by atoms with Gasteiger partial charge >= 0.3 is 5.97 Å². The highest BCUT2D eigenvalue weighted by Crippen LogP contribution is 2.18. The lowest BCUT2D eigenvalue weighted by molar-refractivity contribution is 0.0734. The van der Waals surface area contributed by atoms with E-state index in [9.17, 15) is 4.79 Å². The van der Waals surface area contributed by atoms with Crippen molar-refractivity contribution in [3.8, 4) is 11.5 Å². The molecule has 44 heavy (non-hydrogen) atoms. The number of benzene rings is 3. The fourth-order valence-electron chi connectivity index (χ4n) is 5.36. The van der Waals surface area contributed by atoms with Gasteiger partial charge in [-0.2, -0.15) is 0 Å². The third-order valence-electron chi connectivity index (χ3n) is 8.05. The Morgan fingerprint density at radius 2 is 1.18 bits per heavy atom. The summed E-state index contributed by atoms with van der Waals surface area (Å²) in [5, 5.41) is 0. The van der Waals surface area contributed by atoms with Gasteiger partial charge in [0.25, 0.3) is 0 Å². The topological polar surface area (TPSA) is 47.9 Å². The van der Waals surface area contributed by atoms with Crippen molar-refractivity contribution < 1.29 is 14.3 Å². The van der Waals surface area contributed by atoms with Gasteiger partial charge in [0.1, 0.15) is 11.5 Å². The molecule has 0 aliphatic heterocycles. The van der Waals surface area contributed by atoms with Gasteiger partial charge in [-0.25, -0.2) is 4.79 Å².